The van der Waals surface area contributed by atoms with Crippen molar-refractivity contribution in [2.45, 2.75) is 57.0 Å². The van der Waals surface area contributed by atoms with Gasteiger partial charge in [0, 0.05) is 41.8 Å². The first-order valence-electron chi connectivity index (χ1n) is 8.48. The Balaban J connectivity index is 2.32. The fraction of sp³-hybridized carbons (Fsp3) is 0.500. The summed E-state index contributed by atoms with van der Waals surface area (Å²) < 4.78 is 28.0. The van der Waals surface area contributed by atoms with E-state index in [1.165, 1.54) is 0 Å². The molecule has 1 aromatic carbocycles. The van der Waals surface area contributed by atoms with Gasteiger partial charge in [-0.25, -0.2) is 8.42 Å². The largest absolute Gasteiger partial charge is 0.328 e. The quantitative estimate of drug-likeness (QED) is 0.794. The molecule has 0 saturated carbocycles. The summed E-state index contributed by atoms with van der Waals surface area (Å²) in [6.45, 7) is 6.27. The molecule has 0 fully saturated rings. The Morgan fingerprint density at radius 3 is 2.62 bits per heavy atom. The van der Waals surface area contributed by atoms with Crippen LogP contribution >= 0.6 is 0 Å². The molecule has 6 heteroatoms. The van der Waals surface area contributed by atoms with Gasteiger partial charge in [-0.1, -0.05) is 25.5 Å². The lowest BCUT2D eigenvalue weighted by molar-refractivity contribution is 0.325. The third-order valence-corrected chi connectivity index (χ3v) is 6.46. The maximum atomic E-state index is 13.2. The highest BCUT2D eigenvalue weighted by atomic mass is 32.2. The maximum Gasteiger partial charge on any atom is 0.243 e. The molecule has 0 aliphatic heterocycles. The number of hydrogen-bond acceptors (Lipinski definition) is 4. The Morgan fingerprint density at radius 2 is 1.96 bits per heavy atom. The number of pyridine rings is 1. The zero-order chi connectivity index (χ0) is 17.7. The third kappa shape index (κ3) is 4.12. The minimum Gasteiger partial charge on any atom is -0.328 e. The molecule has 132 valence electrons. The molecule has 0 radical (unpaired) electrons. The summed E-state index contributed by atoms with van der Waals surface area (Å²) in [4.78, 5) is 4.42. The highest BCUT2D eigenvalue weighted by molar-refractivity contribution is 7.89. The summed E-state index contributed by atoms with van der Waals surface area (Å²) in [7, 11) is -3.55. The van der Waals surface area contributed by atoms with Crippen molar-refractivity contribution in [3.05, 3.63) is 36.7 Å². The molecule has 0 bridgehead atoms. The van der Waals surface area contributed by atoms with Crippen LogP contribution in [0.1, 0.15) is 40.0 Å². The van der Waals surface area contributed by atoms with E-state index in [0.29, 0.717) is 16.8 Å². The van der Waals surface area contributed by atoms with E-state index in [4.69, 9.17) is 5.73 Å². The summed E-state index contributed by atoms with van der Waals surface area (Å²) in [6, 6.07) is 7.17. The lowest BCUT2D eigenvalue weighted by Crippen LogP contribution is -2.38. The molecule has 0 amide bonds. The van der Waals surface area contributed by atoms with Crippen molar-refractivity contribution in [3.8, 4) is 0 Å². The SMILES string of the molecule is CCN(C(C)CCCC(C)N)S(=O)(=O)c1cccc2cnccc12. The number of nitrogens with zero attached hydrogens (tertiary/aromatic N) is 2. The number of aromatic nitrogens is 1. The van der Waals surface area contributed by atoms with E-state index >= 15 is 0 Å². The van der Waals surface area contributed by atoms with Gasteiger partial charge in [-0.2, -0.15) is 4.31 Å². The Bertz CT molecular complexity index is 769. The Labute approximate surface area is 144 Å². The summed E-state index contributed by atoms with van der Waals surface area (Å²) in [5, 5.41) is 1.55. The lowest BCUT2D eigenvalue weighted by Gasteiger charge is -2.28. The van der Waals surface area contributed by atoms with Crippen LogP contribution in [0.2, 0.25) is 0 Å². The van der Waals surface area contributed by atoms with Crippen molar-refractivity contribution in [2.75, 3.05) is 6.54 Å². The molecule has 1 heterocycles. The van der Waals surface area contributed by atoms with E-state index in [9.17, 15) is 8.42 Å². The predicted octanol–water partition coefficient (Wildman–Crippen LogP) is 3.15. The molecule has 24 heavy (non-hydrogen) atoms. The van der Waals surface area contributed by atoms with Crippen LogP contribution in [0.15, 0.2) is 41.6 Å². The third-order valence-electron chi connectivity index (χ3n) is 4.31. The van der Waals surface area contributed by atoms with Gasteiger partial charge in [-0.3, -0.25) is 4.98 Å². The minimum atomic E-state index is -3.55. The van der Waals surface area contributed by atoms with Gasteiger partial charge in [-0.05, 0) is 38.8 Å². The minimum absolute atomic E-state index is 0.0594. The maximum absolute atomic E-state index is 13.2. The average Bonchev–Trinajstić information content (AvgIpc) is 2.54. The van der Waals surface area contributed by atoms with Crippen LogP contribution in [-0.2, 0) is 10.0 Å². The Hall–Kier alpha value is -1.50. The standard InChI is InChI=1S/C18H27N3O2S/c1-4-21(15(3)8-5-7-14(2)19)24(22,23)18-10-6-9-16-13-20-12-11-17(16)18/h6,9-15H,4-5,7-8,19H2,1-3H3. The molecule has 2 N–H and O–H groups in total. The second kappa shape index (κ2) is 8.05. The molecule has 0 aliphatic rings. The fourth-order valence-corrected chi connectivity index (χ4v) is 4.93. The van der Waals surface area contributed by atoms with Gasteiger partial charge in [0.1, 0.15) is 0 Å². The van der Waals surface area contributed by atoms with Crippen LogP contribution in [0.5, 0.6) is 0 Å². The first-order chi connectivity index (χ1) is 11.4. The van der Waals surface area contributed by atoms with Gasteiger partial charge in [0.05, 0.1) is 4.90 Å². The van der Waals surface area contributed by atoms with E-state index < -0.39 is 10.0 Å². The number of nitrogens with two attached hydrogens (primary N) is 1. The van der Waals surface area contributed by atoms with E-state index in [1.807, 2.05) is 26.8 Å². The van der Waals surface area contributed by atoms with E-state index in [0.717, 1.165) is 24.6 Å². The summed E-state index contributed by atoms with van der Waals surface area (Å²) in [5.41, 5.74) is 5.79. The molecule has 5 nitrogen and oxygen atoms in total. The zero-order valence-electron chi connectivity index (χ0n) is 14.6. The first-order valence-corrected chi connectivity index (χ1v) is 9.92. The van der Waals surface area contributed by atoms with Crippen LogP contribution < -0.4 is 5.73 Å². The second-order valence-electron chi connectivity index (χ2n) is 6.32. The molecular weight excluding hydrogens is 322 g/mol. The Kier molecular flexibility index (Phi) is 6.32. The summed E-state index contributed by atoms with van der Waals surface area (Å²) >= 11 is 0. The number of hydrogen-bond donors (Lipinski definition) is 1. The number of fused-ring (bicyclic) bond motifs is 1. The van der Waals surface area contributed by atoms with Crippen molar-refractivity contribution in [1.82, 2.24) is 9.29 Å². The van der Waals surface area contributed by atoms with E-state index in [-0.39, 0.29) is 12.1 Å². The van der Waals surface area contributed by atoms with Crippen LogP contribution in [-0.4, -0.2) is 36.3 Å². The first kappa shape index (κ1) is 18.8. The van der Waals surface area contributed by atoms with Crippen LogP contribution in [0.3, 0.4) is 0 Å². The highest BCUT2D eigenvalue weighted by Crippen LogP contribution is 2.27. The van der Waals surface area contributed by atoms with Crippen LogP contribution in [0.4, 0.5) is 0 Å². The molecule has 1 aromatic heterocycles. The normalized spacial score (nSPS) is 14.9. The second-order valence-corrected chi connectivity index (χ2v) is 8.18. The van der Waals surface area contributed by atoms with Gasteiger partial charge in [0.25, 0.3) is 0 Å². The van der Waals surface area contributed by atoms with Crippen molar-refractivity contribution in [1.29, 1.82) is 0 Å². The van der Waals surface area contributed by atoms with Crippen molar-refractivity contribution in [2.24, 2.45) is 5.73 Å². The van der Waals surface area contributed by atoms with Gasteiger partial charge in [0.15, 0.2) is 0 Å². The molecule has 0 saturated heterocycles. The van der Waals surface area contributed by atoms with Crippen molar-refractivity contribution < 1.29 is 8.42 Å². The van der Waals surface area contributed by atoms with Gasteiger partial charge in [0.2, 0.25) is 10.0 Å². The van der Waals surface area contributed by atoms with Gasteiger partial charge >= 0.3 is 0 Å². The zero-order valence-corrected chi connectivity index (χ0v) is 15.5. The van der Waals surface area contributed by atoms with E-state index in [2.05, 4.69) is 4.98 Å². The Morgan fingerprint density at radius 1 is 1.21 bits per heavy atom. The molecule has 2 rings (SSSR count). The highest BCUT2D eigenvalue weighted by Gasteiger charge is 2.28. The molecular formula is C18H27N3O2S. The summed E-state index contributed by atoms with van der Waals surface area (Å²) in [5.74, 6) is 0. The van der Waals surface area contributed by atoms with Crippen LogP contribution in [0.25, 0.3) is 10.8 Å². The number of benzene rings is 1. The number of sulfonamides is 1. The summed E-state index contributed by atoms with van der Waals surface area (Å²) in [6.07, 6.45) is 5.95. The van der Waals surface area contributed by atoms with Gasteiger partial charge in [-0.15, -0.1) is 0 Å². The lowest BCUT2D eigenvalue weighted by atomic mass is 10.1. The average molecular weight is 350 g/mol. The predicted molar refractivity (Wildman–Crippen MR) is 98.3 cm³/mol. The van der Waals surface area contributed by atoms with Crippen molar-refractivity contribution in [3.63, 3.8) is 0 Å². The molecule has 0 aliphatic carbocycles. The topological polar surface area (TPSA) is 76.3 Å². The molecule has 2 aromatic rings. The van der Waals surface area contributed by atoms with Crippen LogP contribution in [0, 0.1) is 0 Å². The molecule has 2 unspecified atom stereocenters. The molecule has 2 atom stereocenters. The monoisotopic (exact) mass is 349 g/mol. The van der Waals surface area contributed by atoms with Gasteiger partial charge < -0.3 is 5.73 Å². The smallest absolute Gasteiger partial charge is 0.243 e. The van der Waals surface area contributed by atoms with E-state index in [1.54, 1.807) is 34.9 Å². The number of rotatable bonds is 8. The fourth-order valence-electron chi connectivity index (χ4n) is 3.04. The molecule has 0 spiro atoms. The van der Waals surface area contributed by atoms with Crippen molar-refractivity contribution >= 4 is 20.8 Å².